The van der Waals surface area contributed by atoms with Crippen molar-refractivity contribution in [2.24, 2.45) is 5.92 Å². The van der Waals surface area contributed by atoms with E-state index in [2.05, 4.69) is 31.2 Å². The van der Waals surface area contributed by atoms with E-state index in [4.69, 9.17) is 9.84 Å². The lowest BCUT2D eigenvalue weighted by molar-refractivity contribution is -0.135. The molecule has 3 aromatic rings. The number of para-hydroxylation sites is 1. The van der Waals surface area contributed by atoms with E-state index in [9.17, 15) is 4.79 Å². The van der Waals surface area contributed by atoms with Gasteiger partial charge in [0.15, 0.2) is 0 Å². The van der Waals surface area contributed by atoms with Gasteiger partial charge in [-0.05, 0) is 50.5 Å². The van der Waals surface area contributed by atoms with Crippen molar-refractivity contribution in [1.82, 2.24) is 9.78 Å². The van der Waals surface area contributed by atoms with E-state index in [1.807, 2.05) is 37.3 Å². The Hall–Kier alpha value is -2.53. The number of hydrogen-bond acceptors (Lipinski definition) is 4. The van der Waals surface area contributed by atoms with Gasteiger partial charge in [-0.1, -0.05) is 79.8 Å². The maximum absolute atomic E-state index is 12.8. The molecular weight excluding hydrogens is 404 g/mol. The maximum atomic E-state index is 12.8. The molecule has 0 unspecified atom stereocenters. The lowest BCUT2D eigenvalue weighted by Gasteiger charge is -2.20. The van der Waals surface area contributed by atoms with Crippen LogP contribution in [0.2, 0.25) is 0 Å². The zero-order valence-electron chi connectivity index (χ0n) is 18.3. The van der Waals surface area contributed by atoms with Gasteiger partial charge < -0.3 is 4.74 Å². The summed E-state index contributed by atoms with van der Waals surface area (Å²) in [7, 11) is 0. The SMILES string of the molecule is Cc1ccc(Sc2c(C)nn(-c3ccccc3)c2OC(=O)CCC2CCCCC2)cc1. The van der Waals surface area contributed by atoms with Crippen LogP contribution >= 0.6 is 11.8 Å². The summed E-state index contributed by atoms with van der Waals surface area (Å²) in [5.41, 5.74) is 2.95. The molecule has 0 aliphatic heterocycles. The van der Waals surface area contributed by atoms with Crippen molar-refractivity contribution < 1.29 is 9.53 Å². The number of aromatic nitrogens is 2. The zero-order valence-corrected chi connectivity index (χ0v) is 19.2. The van der Waals surface area contributed by atoms with Gasteiger partial charge in [-0.2, -0.15) is 9.78 Å². The number of carbonyl (C=O) groups excluding carboxylic acids is 1. The number of hydrogen-bond donors (Lipinski definition) is 0. The molecule has 1 aromatic heterocycles. The van der Waals surface area contributed by atoms with Crippen LogP contribution in [-0.4, -0.2) is 15.7 Å². The number of rotatable bonds is 7. The summed E-state index contributed by atoms with van der Waals surface area (Å²) in [5, 5.41) is 4.72. The first-order valence-corrected chi connectivity index (χ1v) is 12.0. The van der Waals surface area contributed by atoms with Gasteiger partial charge >= 0.3 is 5.97 Å². The number of ether oxygens (including phenoxy) is 1. The highest BCUT2D eigenvalue weighted by Crippen LogP contribution is 2.39. The first kappa shape index (κ1) is 21.7. The van der Waals surface area contributed by atoms with Gasteiger partial charge in [0.2, 0.25) is 5.88 Å². The van der Waals surface area contributed by atoms with Gasteiger partial charge in [0, 0.05) is 11.3 Å². The highest BCUT2D eigenvalue weighted by molar-refractivity contribution is 7.99. The number of aryl methyl sites for hydroxylation is 2. The van der Waals surface area contributed by atoms with Crippen molar-refractivity contribution in [3.63, 3.8) is 0 Å². The quantitative estimate of drug-likeness (QED) is 0.379. The van der Waals surface area contributed by atoms with Crippen LogP contribution in [0.15, 0.2) is 64.4 Å². The molecule has 1 fully saturated rings. The fourth-order valence-corrected chi connectivity index (χ4v) is 5.04. The Bertz CT molecular complexity index is 1010. The van der Waals surface area contributed by atoms with Crippen molar-refractivity contribution in [3.8, 4) is 11.6 Å². The monoisotopic (exact) mass is 434 g/mol. The Morgan fingerprint density at radius 3 is 2.45 bits per heavy atom. The fraction of sp³-hybridized carbons (Fsp3) is 0.385. The second kappa shape index (κ2) is 10.2. The van der Waals surface area contributed by atoms with Crippen LogP contribution in [0.5, 0.6) is 5.88 Å². The van der Waals surface area contributed by atoms with Gasteiger partial charge in [-0.15, -0.1) is 0 Å². The molecule has 0 spiro atoms. The third-order valence-electron chi connectivity index (χ3n) is 5.90. The Kier molecular flexibility index (Phi) is 7.13. The summed E-state index contributed by atoms with van der Waals surface area (Å²) in [6.45, 7) is 4.04. The molecule has 4 rings (SSSR count). The molecule has 0 radical (unpaired) electrons. The lowest BCUT2D eigenvalue weighted by atomic mass is 9.86. The first-order valence-electron chi connectivity index (χ1n) is 11.2. The molecule has 162 valence electrons. The van der Waals surface area contributed by atoms with E-state index < -0.39 is 0 Å². The average Bonchev–Trinajstić information content (AvgIpc) is 3.10. The minimum Gasteiger partial charge on any atom is -0.406 e. The summed E-state index contributed by atoms with van der Waals surface area (Å²) < 4.78 is 7.73. The van der Waals surface area contributed by atoms with Crippen LogP contribution < -0.4 is 4.74 Å². The van der Waals surface area contributed by atoms with Gasteiger partial charge in [-0.3, -0.25) is 4.79 Å². The molecule has 1 heterocycles. The molecule has 0 N–H and O–H groups in total. The van der Waals surface area contributed by atoms with Crippen LogP contribution in [0, 0.1) is 19.8 Å². The molecule has 1 aliphatic carbocycles. The lowest BCUT2D eigenvalue weighted by Crippen LogP contribution is -2.14. The van der Waals surface area contributed by atoms with Gasteiger partial charge in [0.1, 0.15) is 0 Å². The largest absolute Gasteiger partial charge is 0.406 e. The molecule has 0 amide bonds. The van der Waals surface area contributed by atoms with Crippen LogP contribution in [-0.2, 0) is 4.79 Å². The van der Waals surface area contributed by atoms with E-state index >= 15 is 0 Å². The predicted molar refractivity (Wildman–Crippen MR) is 125 cm³/mol. The van der Waals surface area contributed by atoms with Crippen LogP contribution in [0.1, 0.15) is 56.2 Å². The molecule has 0 atom stereocenters. The second-order valence-electron chi connectivity index (χ2n) is 8.40. The van der Waals surface area contributed by atoms with Crippen LogP contribution in [0.4, 0.5) is 0 Å². The maximum Gasteiger partial charge on any atom is 0.312 e. The highest BCUT2D eigenvalue weighted by Gasteiger charge is 2.23. The number of carbonyl (C=O) groups is 1. The van der Waals surface area contributed by atoms with Crippen molar-refractivity contribution in [2.45, 2.75) is 68.6 Å². The van der Waals surface area contributed by atoms with Crippen molar-refractivity contribution in [3.05, 3.63) is 65.9 Å². The summed E-state index contributed by atoms with van der Waals surface area (Å²) in [6, 6.07) is 18.2. The molecule has 5 heteroatoms. The standard InChI is InChI=1S/C26H30N2O2S/c1-19-13-16-23(17-14-19)31-25-20(2)27-28(22-11-7-4-8-12-22)26(25)30-24(29)18-15-21-9-5-3-6-10-21/h4,7-8,11-14,16-17,21H,3,5-6,9-10,15,18H2,1-2H3. The minimum absolute atomic E-state index is 0.173. The van der Waals surface area contributed by atoms with Crippen LogP contribution in [0.3, 0.4) is 0 Å². The van der Waals surface area contributed by atoms with E-state index in [0.717, 1.165) is 27.6 Å². The van der Waals surface area contributed by atoms with E-state index in [1.165, 1.54) is 37.7 Å². The molecule has 1 saturated carbocycles. The summed E-state index contributed by atoms with van der Waals surface area (Å²) in [5.74, 6) is 1.000. The smallest absolute Gasteiger partial charge is 0.312 e. The molecule has 2 aromatic carbocycles. The first-order chi connectivity index (χ1) is 15.1. The normalized spacial score (nSPS) is 14.5. The van der Waals surface area contributed by atoms with Gasteiger partial charge in [-0.25, -0.2) is 0 Å². The third-order valence-corrected chi connectivity index (χ3v) is 7.08. The molecule has 0 bridgehead atoms. The fourth-order valence-electron chi connectivity index (χ4n) is 4.12. The minimum atomic E-state index is -0.173. The Balaban J connectivity index is 1.58. The van der Waals surface area contributed by atoms with Crippen LogP contribution in [0.25, 0.3) is 5.69 Å². The van der Waals surface area contributed by atoms with Gasteiger partial charge in [0.05, 0.1) is 16.3 Å². The molecule has 1 aliphatic rings. The van der Waals surface area contributed by atoms with E-state index in [0.29, 0.717) is 18.2 Å². The number of nitrogens with zero attached hydrogens (tertiary/aromatic N) is 2. The summed E-state index contributed by atoms with van der Waals surface area (Å²) >= 11 is 1.59. The molecular formula is C26H30N2O2S. The van der Waals surface area contributed by atoms with E-state index in [-0.39, 0.29) is 5.97 Å². The summed E-state index contributed by atoms with van der Waals surface area (Å²) in [4.78, 5) is 14.8. The molecule has 0 saturated heterocycles. The molecule has 31 heavy (non-hydrogen) atoms. The van der Waals surface area contributed by atoms with Crippen molar-refractivity contribution in [2.75, 3.05) is 0 Å². The Morgan fingerprint density at radius 1 is 1.03 bits per heavy atom. The van der Waals surface area contributed by atoms with Crippen molar-refractivity contribution >= 4 is 17.7 Å². The zero-order chi connectivity index (χ0) is 21.6. The Labute approximate surface area is 189 Å². The van der Waals surface area contributed by atoms with Crippen molar-refractivity contribution in [1.29, 1.82) is 0 Å². The number of benzene rings is 2. The topological polar surface area (TPSA) is 44.1 Å². The molecule has 4 nitrogen and oxygen atoms in total. The van der Waals surface area contributed by atoms with Gasteiger partial charge in [0.25, 0.3) is 0 Å². The second-order valence-corrected chi connectivity index (χ2v) is 9.48. The Morgan fingerprint density at radius 2 is 1.74 bits per heavy atom. The predicted octanol–water partition coefficient (Wildman–Crippen LogP) is 6.91. The highest BCUT2D eigenvalue weighted by atomic mass is 32.2. The third kappa shape index (κ3) is 5.59. The average molecular weight is 435 g/mol. The summed E-state index contributed by atoms with van der Waals surface area (Å²) in [6.07, 6.45) is 7.76. The van der Waals surface area contributed by atoms with E-state index in [1.54, 1.807) is 16.4 Å². The number of esters is 1.